The highest BCUT2D eigenvalue weighted by Crippen LogP contribution is 2.34. The van der Waals surface area contributed by atoms with Crippen LogP contribution >= 0.6 is 11.3 Å². The van der Waals surface area contributed by atoms with E-state index in [-0.39, 0.29) is 24.1 Å². The second-order valence-corrected chi connectivity index (χ2v) is 8.98. The van der Waals surface area contributed by atoms with E-state index in [1.165, 1.54) is 9.56 Å². The molecule has 1 aliphatic carbocycles. The van der Waals surface area contributed by atoms with Crippen LogP contribution in [0, 0.1) is 6.92 Å². The number of methoxy groups -OCH3 is 1. The van der Waals surface area contributed by atoms with Crippen LogP contribution in [0.1, 0.15) is 23.3 Å². The molecule has 0 atom stereocenters. The number of ether oxygens (including phenoxy) is 1. The summed E-state index contributed by atoms with van der Waals surface area (Å²) in [7, 11) is 1.64. The first-order valence-corrected chi connectivity index (χ1v) is 10.8. The predicted molar refractivity (Wildman–Crippen MR) is 117 cm³/mol. The molecule has 1 aliphatic rings. The molecule has 30 heavy (non-hydrogen) atoms. The minimum atomic E-state index is -0.248. The Balaban J connectivity index is 1.62. The zero-order valence-electron chi connectivity index (χ0n) is 16.8. The Bertz CT molecular complexity index is 1330. The van der Waals surface area contributed by atoms with Crippen molar-refractivity contribution in [2.24, 2.45) is 0 Å². The van der Waals surface area contributed by atoms with Gasteiger partial charge in [0.1, 0.15) is 17.8 Å². The van der Waals surface area contributed by atoms with Gasteiger partial charge in [0.25, 0.3) is 5.56 Å². The lowest BCUT2D eigenvalue weighted by Gasteiger charge is -2.10. The summed E-state index contributed by atoms with van der Waals surface area (Å²) >= 11 is 1.65. The van der Waals surface area contributed by atoms with Crippen molar-refractivity contribution in [3.63, 3.8) is 0 Å². The summed E-state index contributed by atoms with van der Waals surface area (Å²) in [6.45, 7) is 2.52. The average molecular weight is 423 g/mol. The molecule has 1 amide bonds. The summed E-state index contributed by atoms with van der Waals surface area (Å²) < 4.78 is 9.69. The molecule has 7 nitrogen and oxygen atoms in total. The molecule has 3 heterocycles. The van der Waals surface area contributed by atoms with Crippen LogP contribution in [0.25, 0.3) is 21.1 Å². The highest BCUT2D eigenvalue weighted by molar-refractivity contribution is 7.20. The highest BCUT2D eigenvalue weighted by Gasteiger charge is 2.24. The van der Waals surface area contributed by atoms with Gasteiger partial charge in [0, 0.05) is 22.8 Å². The molecule has 0 bridgehead atoms. The smallest absolute Gasteiger partial charge is 0.291 e. The Hall–Kier alpha value is -3.13. The monoisotopic (exact) mass is 422 g/mol. The fourth-order valence-electron chi connectivity index (χ4n) is 3.79. The molecule has 0 aliphatic heterocycles. The van der Waals surface area contributed by atoms with Gasteiger partial charge in [0.05, 0.1) is 23.5 Å². The largest absolute Gasteiger partial charge is 0.497 e. The van der Waals surface area contributed by atoms with Crippen LogP contribution in [0.3, 0.4) is 0 Å². The quantitative estimate of drug-likeness (QED) is 0.518. The van der Waals surface area contributed by atoms with Crippen molar-refractivity contribution in [1.29, 1.82) is 0 Å². The van der Waals surface area contributed by atoms with Crippen LogP contribution in [-0.2, 0) is 17.9 Å². The van der Waals surface area contributed by atoms with Crippen molar-refractivity contribution in [3.8, 4) is 5.75 Å². The lowest BCUT2D eigenvalue weighted by molar-refractivity contribution is -0.122. The van der Waals surface area contributed by atoms with E-state index in [1.807, 2.05) is 28.8 Å². The van der Waals surface area contributed by atoms with Crippen molar-refractivity contribution in [2.45, 2.75) is 38.9 Å². The highest BCUT2D eigenvalue weighted by atomic mass is 32.1. The molecule has 1 fully saturated rings. The van der Waals surface area contributed by atoms with Crippen molar-refractivity contribution < 1.29 is 9.53 Å². The number of nitrogens with zero attached hydrogens (tertiary/aromatic N) is 3. The SMILES string of the molecule is COc1cccc(Cn2c3cc(C)sc3c3cnn(CC(=O)NC4CC4)c(=O)c32)c1. The van der Waals surface area contributed by atoms with E-state index < -0.39 is 0 Å². The Labute approximate surface area is 176 Å². The number of benzene rings is 1. The van der Waals surface area contributed by atoms with Crippen LogP contribution in [0.15, 0.2) is 41.3 Å². The number of carbonyl (C=O) groups excluding carboxylic acids is 1. The summed E-state index contributed by atoms with van der Waals surface area (Å²) in [5.41, 5.74) is 2.37. The number of hydrogen-bond acceptors (Lipinski definition) is 5. The maximum absolute atomic E-state index is 13.3. The van der Waals surface area contributed by atoms with Crippen LogP contribution in [0.4, 0.5) is 0 Å². The standard InChI is InChI=1S/C22H22N4O3S/c1-13-8-18-21(30-13)17-10-23-26(12-19(27)24-15-6-7-15)22(28)20(17)25(18)11-14-4-3-5-16(9-14)29-2/h3-5,8-10,15H,6-7,11-12H2,1-2H3,(H,24,27). The van der Waals surface area contributed by atoms with E-state index in [2.05, 4.69) is 23.4 Å². The minimum Gasteiger partial charge on any atom is -0.497 e. The van der Waals surface area contributed by atoms with Gasteiger partial charge in [0.2, 0.25) is 5.91 Å². The number of rotatable bonds is 6. The lowest BCUT2D eigenvalue weighted by Crippen LogP contribution is -2.35. The summed E-state index contributed by atoms with van der Waals surface area (Å²) in [5, 5.41) is 8.04. The van der Waals surface area contributed by atoms with Crippen LogP contribution in [0.5, 0.6) is 5.75 Å². The topological polar surface area (TPSA) is 78.2 Å². The number of hydrogen-bond donors (Lipinski definition) is 1. The molecular weight excluding hydrogens is 400 g/mol. The van der Waals surface area contributed by atoms with E-state index in [4.69, 9.17) is 4.74 Å². The molecular formula is C22H22N4O3S. The third-order valence-electron chi connectivity index (χ3n) is 5.37. The van der Waals surface area contributed by atoms with Gasteiger partial charge in [-0.15, -0.1) is 11.3 Å². The van der Waals surface area contributed by atoms with E-state index in [0.29, 0.717) is 12.1 Å². The fraction of sp³-hybridized carbons (Fsp3) is 0.318. The molecule has 0 spiro atoms. The molecule has 0 unspecified atom stereocenters. The Kier molecular flexibility index (Phi) is 4.58. The maximum atomic E-state index is 13.3. The van der Waals surface area contributed by atoms with Gasteiger partial charge in [-0.3, -0.25) is 9.59 Å². The Morgan fingerprint density at radius 3 is 2.93 bits per heavy atom. The minimum absolute atomic E-state index is 0.0672. The summed E-state index contributed by atoms with van der Waals surface area (Å²) in [5.74, 6) is 0.604. The Morgan fingerprint density at radius 1 is 1.33 bits per heavy atom. The van der Waals surface area contributed by atoms with E-state index in [9.17, 15) is 9.59 Å². The first kappa shape index (κ1) is 18.9. The number of amides is 1. The fourth-order valence-corrected chi connectivity index (χ4v) is 4.81. The number of carbonyl (C=O) groups is 1. The van der Waals surface area contributed by atoms with E-state index in [0.717, 1.165) is 39.8 Å². The first-order chi connectivity index (χ1) is 14.5. The number of aryl methyl sites for hydroxylation is 1. The summed E-state index contributed by atoms with van der Waals surface area (Å²) in [4.78, 5) is 26.7. The van der Waals surface area contributed by atoms with Crippen molar-refractivity contribution in [3.05, 3.63) is 57.3 Å². The Morgan fingerprint density at radius 2 is 2.17 bits per heavy atom. The molecule has 1 saturated carbocycles. The van der Waals surface area contributed by atoms with Crippen LogP contribution < -0.4 is 15.6 Å². The lowest BCUT2D eigenvalue weighted by atomic mass is 10.2. The first-order valence-electron chi connectivity index (χ1n) is 9.94. The van der Waals surface area contributed by atoms with Gasteiger partial charge in [0.15, 0.2) is 0 Å². The zero-order chi connectivity index (χ0) is 20.8. The molecule has 154 valence electrons. The third kappa shape index (κ3) is 3.37. The molecule has 1 N–H and O–H groups in total. The molecule has 4 aromatic rings. The maximum Gasteiger partial charge on any atom is 0.291 e. The molecule has 0 radical (unpaired) electrons. The molecule has 5 rings (SSSR count). The second-order valence-electron chi connectivity index (χ2n) is 7.72. The normalized spacial score (nSPS) is 13.8. The van der Waals surface area contributed by atoms with Crippen LogP contribution in [0.2, 0.25) is 0 Å². The number of thiophene rings is 1. The summed E-state index contributed by atoms with van der Waals surface area (Å²) in [6, 6.07) is 10.2. The predicted octanol–water partition coefficient (Wildman–Crippen LogP) is 3.06. The number of fused-ring (bicyclic) bond motifs is 3. The van der Waals surface area contributed by atoms with Crippen LogP contribution in [-0.4, -0.2) is 33.4 Å². The number of nitrogens with one attached hydrogen (secondary N) is 1. The van der Waals surface area contributed by atoms with Crippen molar-refractivity contribution in [1.82, 2.24) is 19.7 Å². The molecule has 1 aromatic carbocycles. The van der Waals surface area contributed by atoms with E-state index >= 15 is 0 Å². The average Bonchev–Trinajstić information content (AvgIpc) is 3.39. The van der Waals surface area contributed by atoms with Gasteiger partial charge < -0.3 is 14.6 Å². The van der Waals surface area contributed by atoms with E-state index in [1.54, 1.807) is 24.6 Å². The number of aromatic nitrogens is 3. The molecule has 8 heteroatoms. The van der Waals surface area contributed by atoms with Crippen molar-refractivity contribution in [2.75, 3.05) is 7.11 Å². The van der Waals surface area contributed by atoms with Gasteiger partial charge in [-0.05, 0) is 43.5 Å². The zero-order valence-corrected chi connectivity index (χ0v) is 17.7. The molecule has 3 aromatic heterocycles. The van der Waals surface area contributed by atoms with Gasteiger partial charge >= 0.3 is 0 Å². The van der Waals surface area contributed by atoms with Crippen molar-refractivity contribution >= 4 is 38.4 Å². The third-order valence-corrected chi connectivity index (χ3v) is 6.44. The van der Waals surface area contributed by atoms with Gasteiger partial charge in [-0.1, -0.05) is 12.1 Å². The van der Waals surface area contributed by atoms with Gasteiger partial charge in [-0.2, -0.15) is 5.10 Å². The summed E-state index contributed by atoms with van der Waals surface area (Å²) in [6.07, 6.45) is 3.72. The second kappa shape index (κ2) is 7.28. The molecule has 0 saturated heterocycles. The van der Waals surface area contributed by atoms with Gasteiger partial charge in [-0.25, -0.2) is 4.68 Å².